The van der Waals surface area contributed by atoms with Crippen molar-refractivity contribution in [2.24, 2.45) is 0 Å². The quantitative estimate of drug-likeness (QED) is 0.796. The molecular formula is C13H20N2O3. The van der Waals surface area contributed by atoms with Gasteiger partial charge in [0.05, 0.1) is 26.8 Å². The molecule has 1 amide bonds. The van der Waals surface area contributed by atoms with Crippen LogP contribution in [0, 0.1) is 0 Å². The van der Waals surface area contributed by atoms with Gasteiger partial charge in [0.2, 0.25) is 5.91 Å². The van der Waals surface area contributed by atoms with Crippen molar-refractivity contribution in [3.63, 3.8) is 0 Å². The standard InChI is InChI=1S/C13H20N2O3/c1-9(15-13(16)8-14-2)11-7-10(17-3)5-6-12(11)18-4/h5-7,9,14H,8H2,1-4H3,(H,15,16). The second-order valence-electron chi connectivity index (χ2n) is 3.93. The van der Waals surface area contributed by atoms with Crippen molar-refractivity contribution in [1.29, 1.82) is 0 Å². The van der Waals surface area contributed by atoms with Crippen molar-refractivity contribution in [1.82, 2.24) is 10.6 Å². The summed E-state index contributed by atoms with van der Waals surface area (Å²) in [7, 11) is 4.94. The molecule has 0 heterocycles. The highest BCUT2D eigenvalue weighted by molar-refractivity contribution is 5.78. The number of nitrogens with one attached hydrogen (secondary N) is 2. The van der Waals surface area contributed by atoms with Crippen molar-refractivity contribution in [3.8, 4) is 11.5 Å². The van der Waals surface area contributed by atoms with Gasteiger partial charge in [-0.3, -0.25) is 4.79 Å². The van der Waals surface area contributed by atoms with Crippen LogP contribution in [0.3, 0.4) is 0 Å². The summed E-state index contributed by atoms with van der Waals surface area (Å²) in [6.45, 7) is 2.20. The number of benzene rings is 1. The lowest BCUT2D eigenvalue weighted by molar-refractivity contribution is -0.120. The molecule has 1 aromatic carbocycles. The molecule has 2 N–H and O–H groups in total. The molecule has 1 atom stereocenters. The number of hydrogen-bond acceptors (Lipinski definition) is 4. The maximum absolute atomic E-state index is 11.5. The van der Waals surface area contributed by atoms with Crippen LogP contribution in [0.2, 0.25) is 0 Å². The largest absolute Gasteiger partial charge is 0.497 e. The highest BCUT2D eigenvalue weighted by atomic mass is 16.5. The van der Waals surface area contributed by atoms with Crippen molar-refractivity contribution in [3.05, 3.63) is 23.8 Å². The van der Waals surface area contributed by atoms with E-state index in [1.165, 1.54) is 0 Å². The molecule has 0 aliphatic heterocycles. The predicted molar refractivity (Wildman–Crippen MR) is 70.0 cm³/mol. The normalized spacial score (nSPS) is 11.8. The predicted octanol–water partition coefficient (Wildman–Crippen LogP) is 1.10. The molecule has 1 unspecified atom stereocenters. The fourth-order valence-corrected chi connectivity index (χ4v) is 1.71. The molecule has 5 nitrogen and oxygen atoms in total. The molecule has 5 heteroatoms. The second kappa shape index (κ2) is 6.86. The molecule has 0 radical (unpaired) electrons. The van der Waals surface area contributed by atoms with Crippen LogP contribution in [0.15, 0.2) is 18.2 Å². The number of ether oxygens (including phenoxy) is 2. The van der Waals surface area contributed by atoms with Gasteiger partial charge in [-0.05, 0) is 32.2 Å². The number of carbonyl (C=O) groups is 1. The zero-order valence-electron chi connectivity index (χ0n) is 11.2. The molecular weight excluding hydrogens is 232 g/mol. The van der Waals surface area contributed by atoms with Gasteiger partial charge in [-0.25, -0.2) is 0 Å². The smallest absolute Gasteiger partial charge is 0.234 e. The lowest BCUT2D eigenvalue weighted by Crippen LogP contribution is -2.34. The van der Waals surface area contributed by atoms with Crippen molar-refractivity contribution >= 4 is 5.91 Å². The van der Waals surface area contributed by atoms with Gasteiger partial charge in [0.25, 0.3) is 0 Å². The minimum atomic E-state index is -0.143. The molecule has 0 aliphatic rings. The van der Waals surface area contributed by atoms with Crippen molar-refractivity contribution in [2.75, 3.05) is 27.8 Å². The van der Waals surface area contributed by atoms with Crippen molar-refractivity contribution in [2.45, 2.75) is 13.0 Å². The molecule has 100 valence electrons. The number of carbonyl (C=O) groups excluding carboxylic acids is 1. The van der Waals surface area contributed by atoms with Crippen LogP contribution in [0.5, 0.6) is 11.5 Å². The molecule has 0 fully saturated rings. The fourth-order valence-electron chi connectivity index (χ4n) is 1.71. The first-order valence-electron chi connectivity index (χ1n) is 5.78. The highest BCUT2D eigenvalue weighted by Crippen LogP contribution is 2.29. The Morgan fingerprint density at radius 1 is 1.33 bits per heavy atom. The third-order valence-corrected chi connectivity index (χ3v) is 2.62. The molecule has 0 bridgehead atoms. The van der Waals surface area contributed by atoms with E-state index in [4.69, 9.17) is 9.47 Å². The van der Waals surface area contributed by atoms with Gasteiger partial charge in [0.15, 0.2) is 0 Å². The van der Waals surface area contributed by atoms with Crippen LogP contribution >= 0.6 is 0 Å². The summed E-state index contributed by atoms with van der Waals surface area (Å²) >= 11 is 0. The summed E-state index contributed by atoms with van der Waals surface area (Å²) in [6, 6.07) is 5.37. The summed E-state index contributed by atoms with van der Waals surface area (Å²) in [5, 5.41) is 5.69. The highest BCUT2D eigenvalue weighted by Gasteiger charge is 2.14. The molecule has 1 rings (SSSR count). The first-order valence-corrected chi connectivity index (χ1v) is 5.78. The average molecular weight is 252 g/mol. The zero-order chi connectivity index (χ0) is 13.5. The molecule has 18 heavy (non-hydrogen) atoms. The van der Waals surface area contributed by atoms with Crippen LogP contribution < -0.4 is 20.1 Å². The van der Waals surface area contributed by atoms with E-state index < -0.39 is 0 Å². The van der Waals surface area contributed by atoms with E-state index in [9.17, 15) is 4.79 Å². The van der Waals surface area contributed by atoms with Crippen molar-refractivity contribution < 1.29 is 14.3 Å². The summed E-state index contributed by atoms with van der Waals surface area (Å²) in [5.74, 6) is 1.41. The Morgan fingerprint density at radius 2 is 2.06 bits per heavy atom. The van der Waals surface area contributed by atoms with Gasteiger partial charge in [-0.15, -0.1) is 0 Å². The number of rotatable bonds is 6. The summed E-state index contributed by atoms with van der Waals surface area (Å²) in [6.07, 6.45) is 0. The van der Waals surface area contributed by atoms with Crippen LogP contribution in [0.25, 0.3) is 0 Å². The Balaban J connectivity index is 2.88. The molecule has 0 saturated heterocycles. The SMILES string of the molecule is CNCC(=O)NC(C)c1cc(OC)ccc1OC. The van der Waals surface area contributed by atoms with E-state index in [0.717, 1.165) is 17.1 Å². The van der Waals surface area contributed by atoms with Gasteiger partial charge >= 0.3 is 0 Å². The maximum Gasteiger partial charge on any atom is 0.234 e. The summed E-state index contributed by atoms with van der Waals surface area (Å²) in [4.78, 5) is 11.5. The van der Waals surface area contributed by atoms with E-state index in [1.807, 2.05) is 25.1 Å². The molecule has 0 aliphatic carbocycles. The van der Waals surface area contributed by atoms with Gasteiger partial charge in [-0.2, -0.15) is 0 Å². The molecule has 0 spiro atoms. The molecule has 1 aromatic rings. The lowest BCUT2D eigenvalue weighted by Gasteiger charge is -2.18. The van der Waals surface area contributed by atoms with Gasteiger partial charge < -0.3 is 20.1 Å². The third kappa shape index (κ3) is 3.63. The Hall–Kier alpha value is -1.75. The van der Waals surface area contributed by atoms with Crippen LogP contribution in [-0.4, -0.2) is 33.7 Å². The lowest BCUT2D eigenvalue weighted by atomic mass is 10.1. The Kier molecular flexibility index (Phi) is 5.45. The van der Waals surface area contributed by atoms with Gasteiger partial charge in [0.1, 0.15) is 11.5 Å². The Morgan fingerprint density at radius 3 is 2.61 bits per heavy atom. The van der Waals surface area contributed by atoms with E-state index >= 15 is 0 Å². The summed E-state index contributed by atoms with van der Waals surface area (Å²) in [5.41, 5.74) is 0.890. The average Bonchev–Trinajstić information content (AvgIpc) is 2.38. The maximum atomic E-state index is 11.5. The van der Waals surface area contributed by atoms with Gasteiger partial charge in [0, 0.05) is 5.56 Å². The van der Waals surface area contributed by atoms with E-state index in [0.29, 0.717) is 0 Å². The fraction of sp³-hybridized carbons (Fsp3) is 0.462. The zero-order valence-corrected chi connectivity index (χ0v) is 11.2. The Bertz CT molecular complexity index is 407. The molecule has 0 saturated carbocycles. The second-order valence-corrected chi connectivity index (χ2v) is 3.93. The molecule has 0 aromatic heterocycles. The first kappa shape index (κ1) is 14.3. The number of methoxy groups -OCH3 is 2. The minimum Gasteiger partial charge on any atom is -0.497 e. The van der Waals surface area contributed by atoms with E-state index in [1.54, 1.807) is 21.3 Å². The third-order valence-electron chi connectivity index (χ3n) is 2.62. The van der Waals surface area contributed by atoms with Gasteiger partial charge in [-0.1, -0.05) is 0 Å². The van der Waals surface area contributed by atoms with E-state index in [-0.39, 0.29) is 18.5 Å². The number of hydrogen-bond donors (Lipinski definition) is 2. The number of likely N-dealkylation sites (N-methyl/N-ethyl adjacent to an activating group) is 1. The van der Waals surface area contributed by atoms with E-state index in [2.05, 4.69) is 10.6 Å². The van der Waals surface area contributed by atoms with Crippen LogP contribution in [-0.2, 0) is 4.79 Å². The summed E-state index contributed by atoms with van der Waals surface area (Å²) < 4.78 is 10.5. The van der Waals surface area contributed by atoms with Crippen LogP contribution in [0.1, 0.15) is 18.5 Å². The minimum absolute atomic E-state index is 0.0603. The monoisotopic (exact) mass is 252 g/mol. The number of amides is 1. The van der Waals surface area contributed by atoms with Crippen LogP contribution in [0.4, 0.5) is 0 Å². The Labute approximate surface area is 107 Å². The topological polar surface area (TPSA) is 59.6 Å². The first-order chi connectivity index (χ1) is 8.62.